The van der Waals surface area contributed by atoms with Crippen LogP contribution in [0.3, 0.4) is 0 Å². The maximum absolute atomic E-state index is 3.39. The topological polar surface area (TPSA) is 0 Å². The van der Waals surface area contributed by atoms with Gasteiger partial charge in [-0.05, 0) is 0 Å². The van der Waals surface area contributed by atoms with E-state index in [1.165, 1.54) is 11.1 Å². The molecule has 0 nitrogen and oxygen atoms in total. The number of hydrogen-bond donors (Lipinski definition) is 0. The van der Waals surface area contributed by atoms with Crippen LogP contribution >= 0.6 is 0 Å². The van der Waals surface area contributed by atoms with Gasteiger partial charge >= 0.3 is 28.2 Å². The quantitative estimate of drug-likeness (QED) is 0.297. The van der Waals surface area contributed by atoms with E-state index < -0.39 is 0 Å². The minimum atomic E-state index is 0. The van der Waals surface area contributed by atoms with E-state index in [9.17, 15) is 0 Å². The summed E-state index contributed by atoms with van der Waals surface area (Å²) < 4.78 is 3.39. The van der Waals surface area contributed by atoms with Crippen LogP contribution < -0.4 is 24.8 Å². The van der Waals surface area contributed by atoms with Crippen LogP contribution in [-0.2, 0) is 23.9 Å². The molecule has 16 heavy (non-hydrogen) atoms. The van der Waals surface area contributed by atoms with Crippen molar-refractivity contribution < 1.29 is 48.7 Å². The number of rotatable bonds is 0. The molecular weight excluding hydrogens is 406 g/mol. The van der Waals surface area contributed by atoms with Crippen molar-refractivity contribution in [3.05, 3.63) is 47.6 Å². The van der Waals surface area contributed by atoms with Crippen LogP contribution in [0.25, 0.3) is 0 Å². The van der Waals surface area contributed by atoms with Gasteiger partial charge in [-0.2, -0.15) is 11.6 Å². The molecule has 0 N–H and O–H groups in total. The van der Waals surface area contributed by atoms with Gasteiger partial charge in [0.15, 0.2) is 0 Å². The fraction of sp³-hybridized carbons (Fsp3) is 0.308. The zero-order chi connectivity index (χ0) is 10.8. The molecule has 0 amide bonds. The first-order valence-corrected chi connectivity index (χ1v) is 7.15. The van der Waals surface area contributed by atoms with Crippen LogP contribution in [0.5, 0.6) is 0 Å². The summed E-state index contributed by atoms with van der Waals surface area (Å²) in [5.74, 6) is 0. The molecule has 0 aromatic carbocycles. The number of hydrogen-bond acceptors (Lipinski definition) is 0. The van der Waals surface area contributed by atoms with E-state index in [0.29, 0.717) is 0 Å². The molecule has 2 aliphatic rings. The van der Waals surface area contributed by atoms with Crippen molar-refractivity contribution in [2.45, 2.75) is 26.7 Å². The predicted molar refractivity (Wildman–Crippen MR) is 59.5 cm³/mol. The fourth-order valence-corrected chi connectivity index (χ4v) is 0.960. The first kappa shape index (κ1) is 21.6. The largest absolute Gasteiger partial charge is 1.00 e. The standard InChI is InChI=1S/C7H9.C5H5.CH2.2ClH.Hf/c1-6-4-3-5-7(6)2;1-2-4-5-3-1;;;;/h4H,5H2,1-2H3;1-3H,4H2;1H2;2*1H;/q2*-1;;;;+2/p-2. The maximum atomic E-state index is 3.39. The smallest absolute Gasteiger partial charge is 1.00 e. The van der Waals surface area contributed by atoms with Gasteiger partial charge in [0.2, 0.25) is 0 Å². The Hall–Kier alpha value is 0.280. The molecule has 0 unspecified atom stereocenters. The maximum Gasteiger partial charge on any atom is -1.00 e. The molecule has 0 saturated carbocycles. The van der Waals surface area contributed by atoms with Crippen LogP contribution in [-0.4, -0.2) is 4.26 Å². The van der Waals surface area contributed by atoms with Gasteiger partial charge in [0.25, 0.3) is 0 Å². The SMILES string of the molecule is CC1=C(C)C[C-]=C1.[C-]1=CC=CC1.[CH2]=[Hf+2].[Cl-].[Cl-]. The normalized spacial score (nSPS) is 14.2. The second-order valence-corrected chi connectivity index (χ2v) is 2.99. The first-order valence-electron chi connectivity index (χ1n) is 4.61. The monoisotopic (exact) mass is 422 g/mol. The third kappa shape index (κ3) is 10.8. The van der Waals surface area contributed by atoms with Crippen molar-refractivity contribution in [3.63, 3.8) is 0 Å². The molecule has 0 aromatic rings. The van der Waals surface area contributed by atoms with Gasteiger partial charge in [0.05, 0.1) is 0 Å². The zero-order valence-corrected chi connectivity index (χ0v) is 14.8. The van der Waals surface area contributed by atoms with Crippen molar-refractivity contribution in [1.29, 1.82) is 0 Å². The number of halogens is 2. The van der Waals surface area contributed by atoms with Crippen LogP contribution in [0.2, 0.25) is 0 Å². The molecule has 0 aliphatic heterocycles. The summed E-state index contributed by atoms with van der Waals surface area (Å²) in [7, 11) is 0. The van der Waals surface area contributed by atoms with Gasteiger partial charge in [0.1, 0.15) is 0 Å². The molecule has 0 saturated heterocycles. The molecule has 3 heteroatoms. The average Bonchev–Trinajstić information content (AvgIpc) is 2.86. The molecule has 0 fully saturated rings. The van der Waals surface area contributed by atoms with Crippen LogP contribution in [0, 0.1) is 12.2 Å². The van der Waals surface area contributed by atoms with Gasteiger partial charge in [-0.25, -0.2) is 23.8 Å². The Morgan fingerprint density at radius 1 is 1.19 bits per heavy atom. The molecule has 0 atom stereocenters. The first-order chi connectivity index (χ1) is 6.80. The summed E-state index contributed by atoms with van der Waals surface area (Å²) in [6.07, 6.45) is 16.2. The van der Waals surface area contributed by atoms with Crippen LogP contribution in [0.1, 0.15) is 26.7 Å². The summed E-state index contributed by atoms with van der Waals surface area (Å²) in [5.41, 5.74) is 2.85. The van der Waals surface area contributed by atoms with E-state index in [2.05, 4.69) is 42.4 Å². The summed E-state index contributed by atoms with van der Waals surface area (Å²) >= 11 is 1.06. The van der Waals surface area contributed by atoms with Gasteiger partial charge in [-0.15, -0.1) is 19.8 Å². The van der Waals surface area contributed by atoms with E-state index in [1.54, 1.807) is 0 Å². The van der Waals surface area contributed by atoms with Crippen molar-refractivity contribution >= 4 is 4.26 Å². The third-order valence-electron chi connectivity index (χ3n) is 1.94. The minimum absolute atomic E-state index is 0. The van der Waals surface area contributed by atoms with Gasteiger partial charge in [-0.3, -0.25) is 12.2 Å². The fourth-order valence-electron chi connectivity index (χ4n) is 0.960. The van der Waals surface area contributed by atoms with Crippen molar-refractivity contribution in [3.8, 4) is 0 Å². The summed E-state index contributed by atoms with van der Waals surface area (Å²) in [6.45, 7) is 4.27. The van der Waals surface area contributed by atoms with Crippen molar-refractivity contribution in [1.82, 2.24) is 0 Å². The van der Waals surface area contributed by atoms with Gasteiger partial charge in [0, 0.05) is 0 Å². The van der Waals surface area contributed by atoms with E-state index in [4.69, 9.17) is 0 Å². The van der Waals surface area contributed by atoms with Crippen molar-refractivity contribution in [2.24, 2.45) is 0 Å². The van der Waals surface area contributed by atoms with Gasteiger partial charge < -0.3 is 24.8 Å². The summed E-state index contributed by atoms with van der Waals surface area (Å²) in [5, 5.41) is 0. The van der Waals surface area contributed by atoms with Crippen molar-refractivity contribution in [2.75, 3.05) is 0 Å². The zero-order valence-electron chi connectivity index (χ0n) is 9.69. The molecule has 0 bridgehead atoms. The van der Waals surface area contributed by atoms with E-state index in [-0.39, 0.29) is 24.8 Å². The summed E-state index contributed by atoms with van der Waals surface area (Å²) in [6, 6.07) is 0. The Bertz CT molecular complexity index is 266. The average molecular weight is 422 g/mol. The molecule has 0 aromatic heterocycles. The van der Waals surface area contributed by atoms with Crippen LogP contribution in [0.15, 0.2) is 35.5 Å². The van der Waals surface area contributed by atoms with Gasteiger partial charge in [-0.1, -0.05) is 6.92 Å². The van der Waals surface area contributed by atoms with Crippen LogP contribution in [0.4, 0.5) is 0 Å². The van der Waals surface area contributed by atoms with E-state index in [1.807, 2.05) is 12.2 Å². The Morgan fingerprint density at radius 2 is 1.81 bits per heavy atom. The Labute approximate surface area is 126 Å². The minimum Gasteiger partial charge on any atom is -1.00 e. The van der Waals surface area contributed by atoms with E-state index in [0.717, 1.165) is 36.7 Å². The Kier molecular flexibility index (Phi) is 20.6. The molecule has 88 valence electrons. The third-order valence-corrected chi connectivity index (χ3v) is 1.94. The Morgan fingerprint density at radius 3 is 1.94 bits per heavy atom. The predicted octanol–water partition coefficient (Wildman–Crippen LogP) is -2.64. The Balaban J connectivity index is -0.000000169. The molecule has 2 aliphatic carbocycles. The molecule has 2 rings (SSSR count). The molecule has 0 spiro atoms. The molecular formula is C13H16Cl2Hf-2. The second kappa shape index (κ2) is 15.3. The summed E-state index contributed by atoms with van der Waals surface area (Å²) in [4.78, 5) is 0. The number of allylic oxidation sites excluding steroid dienone is 8. The molecule has 0 heterocycles. The molecule has 0 radical (unpaired) electrons. The second-order valence-electron chi connectivity index (χ2n) is 2.99. The van der Waals surface area contributed by atoms with E-state index >= 15 is 0 Å².